The number of hydrogen-bond donors (Lipinski definition) is 3. The fourth-order valence-corrected chi connectivity index (χ4v) is 3.61. The molecular weight excluding hydrogens is 343 g/mol. The summed E-state index contributed by atoms with van der Waals surface area (Å²) < 4.78 is 23.6. The molecule has 0 spiro atoms. The van der Waals surface area contributed by atoms with Crippen molar-refractivity contribution in [3.63, 3.8) is 0 Å². The lowest BCUT2D eigenvalue weighted by molar-refractivity contribution is -0.164. The Hall–Kier alpha value is -0.940. The van der Waals surface area contributed by atoms with Gasteiger partial charge in [0.1, 0.15) is 42.1 Å². The highest BCUT2D eigenvalue weighted by molar-refractivity contribution is 8.14. The minimum atomic E-state index is -1.30. The van der Waals surface area contributed by atoms with Gasteiger partial charge in [-0.25, -0.2) is 9.18 Å². The minimum absolute atomic E-state index is 0.154. The number of amides is 1. The van der Waals surface area contributed by atoms with Crippen LogP contribution in [0.4, 0.5) is 9.18 Å². The van der Waals surface area contributed by atoms with Crippen LogP contribution < -0.4 is 0 Å². The molecule has 0 aromatic heterocycles. The zero-order valence-corrected chi connectivity index (χ0v) is 14.6. The monoisotopic (exact) mass is 366 g/mol. The number of thioether (sulfide) groups is 1. The van der Waals surface area contributed by atoms with E-state index < -0.39 is 54.8 Å². The van der Waals surface area contributed by atoms with Crippen molar-refractivity contribution < 1.29 is 34.0 Å². The maximum absolute atomic E-state index is 12.8. The molecule has 2 aliphatic heterocycles. The van der Waals surface area contributed by atoms with Crippen LogP contribution in [0, 0.1) is 0 Å². The van der Waals surface area contributed by atoms with Crippen LogP contribution in [0.5, 0.6) is 0 Å². The van der Waals surface area contributed by atoms with E-state index in [2.05, 4.69) is 4.99 Å². The maximum atomic E-state index is 12.8. The highest BCUT2D eigenvalue weighted by Gasteiger charge is 2.49. The number of ether oxygens (including phenoxy) is 2. The van der Waals surface area contributed by atoms with E-state index in [-0.39, 0.29) is 11.7 Å². The zero-order valence-electron chi connectivity index (χ0n) is 13.8. The normalized spacial score (nSPS) is 33.0. The van der Waals surface area contributed by atoms with E-state index in [1.807, 2.05) is 0 Å². The van der Waals surface area contributed by atoms with Gasteiger partial charge < -0.3 is 24.8 Å². The molecule has 0 unspecified atom stereocenters. The van der Waals surface area contributed by atoms with Crippen LogP contribution in [0.2, 0.25) is 0 Å². The van der Waals surface area contributed by atoms with Gasteiger partial charge in [-0.1, -0.05) is 11.8 Å². The molecule has 8 nitrogen and oxygen atoms in total. The molecular formula is C14H23FN2O6S. The largest absolute Gasteiger partial charge is 0.443 e. The second-order valence-corrected chi connectivity index (χ2v) is 7.61. The van der Waals surface area contributed by atoms with Gasteiger partial charge in [0.25, 0.3) is 0 Å². The summed E-state index contributed by atoms with van der Waals surface area (Å²) in [5, 5.41) is 29.4. The Bertz CT molecular complexity index is 500. The molecule has 0 aliphatic carbocycles. The number of aliphatic hydroxyl groups is 3. The summed E-state index contributed by atoms with van der Waals surface area (Å²) in [5.74, 6) is 0. The van der Waals surface area contributed by atoms with Gasteiger partial charge in [-0.3, -0.25) is 9.89 Å². The average Bonchev–Trinajstić information content (AvgIpc) is 2.90. The van der Waals surface area contributed by atoms with Crippen LogP contribution in [-0.2, 0) is 9.47 Å². The van der Waals surface area contributed by atoms with E-state index in [0.29, 0.717) is 0 Å². The first-order valence-electron chi connectivity index (χ1n) is 7.61. The Morgan fingerprint density at radius 1 is 1.42 bits per heavy atom. The second-order valence-electron chi connectivity index (χ2n) is 6.55. The van der Waals surface area contributed by atoms with Crippen molar-refractivity contribution in [3.8, 4) is 0 Å². The first-order chi connectivity index (χ1) is 11.2. The molecule has 2 heterocycles. The SMILES string of the molecule is CC(C)(C)OC(=O)N(CCF)C1=N[C@@H]2[C@@H](O)[C@H](O)[C@@H](CO)O[C@@H]2S1. The van der Waals surface area contributed by atoms with Crippen LogP contribution in [-0.4, -0.2) is 86.7 Å². The number of hydrogen-bond acceptors (Lipinski definition) is 8. The van der Waals surface area contributed by atoms with Crippen LogP contribution in [0.1, 0.15) is 20.8 Å². The van der Waals surface area contributed by atoms with Gasteiger partial charge >= 0.3 is 6.09 Å². The van der Waals surface area contributed by atoms with E-state index in [1.54, 1.807) is 20.8 Å². The summed E-state index contributed by atoms with van der Waals surface area (Å²) in [6.45, 7) is 3.57. The third kappa shape index (κ3) is 4.17. The van der Waals surface area contributed by atoms with Crippen LogP contribution in [0.3, 0.4) is 0 Å². The first-order valence-corrected chi connectivity index (χ1v) is 8.49. The molecule has 0 saturated carbocycles. The van der Waals surface area contributed by atoms with Gasteiger partial charge in [-0.15, -0.1) is 0 Å². The molecule has 1 fully saturated rings. The molecule has 10 heteroatoms. The molecule has 1 amide bonds. The fraction of sp³-hybridized carbons (Fsp3) is 0.857. The standard InChI is InChI=1S/C14H23FN2O6S/c1-14(2,3)23-13(21)17(5-4-15)12-16-8-10(20)9(19)7(6-18)22-11(8)24-12/h7-11,18-20H,4-6H2,1-3H3/t7-,8-,9-,10-,11-/m1/s1. The van der Waals surface area contributed by atoms with Gasteiger partial charge in [0.05, 0.1) is 13.2 Å². The van der Waals surface area contributed by atoms with Crippen LogP contribution >= 0.6 is 11.8 Å². The van der Waals surface area contributed by atoms with Crippen molar-refractivity contribution in [1.29, 1.82) is 0 Å². The lowest BCUT2D eigenvalue weighted by atomic mass is 9.99. The molecule has 2 aliphatic rings. The lowest BCUT2D eigenvalue weighted by Crippen LogP contribution is -2.55. The number of carbonyl (C=O) groups is 1. The molecule has 0 aromatic carbocycles. The molecule has 2 rings (SSSR count). The second kappa shape index (κ2) is 7.52. The zero-order chi connectivity index (χ0) is 18.1. The third-order valence-corrected chi connectivity index (χ3v) is 4.64. The average molecular weight is 366 g/mol. The van der Waals surface area contributed by atoms with Gasteiger partial charge in [-0.2, -0.15) is 0 Å². The highest BCUT2D eigenvalue weighted by atomic mass is 32.2. The summed E-state index contributed by atoms with van der Waals surface area (Å²) in [6.07, 6.45) is -4.24. The minimum Gasteiger partial charge on any atom is -0.443 e. The molecule has 0 aromatic rings. The van der Waals surface area contributed by atoms with E-state index in [4.69, 9.17) is 9.47 Å². The number of amidine groups is 1. The van der Waals surface area contributed by atoms with E-state index in [0.717, 1.165) is 16.7 Å². The fourth-order valence-electron chi connectivity index (χ4n) is 2.36. The van der Waals surface area contributed by atoms with Crippen molar-refractivity contribution in [3.05, 3.63) is 0 Å². The van der Waals surface area contributed by atoms with Crippen molar-refractivity contribution in [2.24, 2.45) is 4.99 Å². The number of rotatable bonds is 3. The highest BCUT2D eigenvalue weighted by Crippen LogP contribution is 2.37. The van der Waals surface area contributed by atoms with E-state index in [9.17, 15) is 24.5 Å². The molecule has 3 N–H and O–H groups in total. The van der Waals surface area contributed by atoms with Crippen molar-refractivity contribution in [1.82, 2.24) is 4.90 Å². The molecule has 138 valence electrons. The maximum Gasteiger partial charge on any atom is 0.416 e. The Morgan fingerprint density at radius 2 is 2.08 bits per heavy atom. The lowest BCUT2D eigenvalue weighted by Gasteiger charge is -2.37. The van der Waals surface area contributed by atoms with Gasteiger partial charge in [0, 0.05) is 0 Å². The Morgan fingerprint density at radius 3 is 2.62 bits per heavy atom. The summed E-state index contributed by atoms with van der Waals surface area (Å²) in [6, 6.07) is -0.813. The quantitative estimate of drug-likeness (QED) is 0.650. The van der Waals surface area contributed by atoms with Crippen molar-refractivity contribution in [2.75, 3.05) is 19.8 Å². The topological polar surface area (TPSA) is 112 Å². The summed E-state index contributed by atoms with van der Waals surface area (Å²) in [4.78, 5) is 17.5. The molecule has 0 radical (unpaired) electrons. The number of aliphatic hydroxyl groups excluding tert-OH is 3. The third-order valence-electron chi connectivity index (χ3n) is 3.48. The number of aliphatic imine (C=N–C) groups is 1. The van der Waals surface area contributed by atoms with Gasteiger partial charge in [0.2, 0.25) is 0 Å². The van der Waals surface area contributed by atoms with Gasteiger partial charge in [-0.05, 0) is 20.8 Å². The molecule has 1 saturated heterocycles. The number of nitrogens with zero attached hydrogens (tertiary/aromatic N) is 2. The van der Waals surface area contributed by atoms with E-state index in [1.165, 1.54) is 0 Å². The van der Waals surface area contributed by atoms with Gasteiger partial charge in [0.15, 0.2) is 5.17 Å². The molecule has 5 atom stereocenters. The molecule has 24 heavy (non-hydrogen) atoms. The molecule has 0 bridgehead atoms. The number of fused-ring (bicyclic) bond motifs is 1. The van der Waals surface area contributed by atoms with Crippen LogP contribution in [0.25, 0.3) is 0 Å². The Balaban J connectivity index is 2.16. The summed E-state index contributed by atoms with van der Waals surface area (Å²) >= 11 is 1.03. The van der Waals surface area contributed by atoms with Crippen LogP contribution in [0.15, 0.2) is 4.99 Å². The Labute approximate surface area is 143 Å². The van der Waals surface area contributed by atoms with Crippen molar-refractivity contribution in [2.45, 2.75) is 56.2 Å². The number of halogens is 1. The predicted octanol–water partition coefficient (Wildman–Crippen LogP) is 0.103. The smallest absolute Gasteiger partial charge is 0.416 e. The number of alkyl halides is 1. The Kier molecular flexibility index (Phi) is 6.08. The summed E-state index contributed by atoms with van der Waals surface area (Å²) in [5.41, 5.74) is -1.43. The summed E-state index contributed by atoms with van der Waals surface area (Å²) in [7, 11) is 0. The number of carbonyl (C=O) groups excluding carboxylic acids is 1. The van der Waals surface area contributed by atoms with E-state index >= 15 is 0 Å². The van der Waals surface area contributed by atoms with Crippen molar-refractivity contribution >= 4 is 23.0 Å². The first kappa shape index (κ1) is 19.4. The predicted molar refractivity (Wildman–Crippen MR) is 85.5 cm³/mol.